The molecule has 2 aromatic rings. The van der Waals surface area contributed by atoms with Crippen LogP contribution in [0.15, 0.2) is 54.6 Å². The van der Waals surface area contributed by atoms with Crippen LogP contribution in [0.1, 0.15) is 56.0 Å². The summed E-state index contributed by atoms with van der Waals surface area (Å²) >= 11 is 0. The molecule has 0 unspecified atom stereocenters. The topological polar surface area (TPSA) is 12.5 Å². The predicted molar refractivity (Wildman–Crippen MR) is 90.4 cm³/mol. The van der Waals surface area contributed by atoms with E-state index in [0.29, 0.717) is 6.04 Å². The van der Waals surface area contributed by atoms with Crippen LogP contribution in [0.3, 0.4) is 0 Å². The van der Waals surface area contributed by atoms with Gasteiger partial charge in [0.15, 0.2) is 0 Å². The maximum Gasteiger partial charge on any atom is 0.106 e. The first kappa shape index (κ1) is 15.3. The Bertz CT molecular complexity index is 612. The highest BCUT2D eigenvalue weighted by Gasteiger charge is 2.41. The number of rotatable bonds is 2. The average Bonchev–Trinajstić information content (AvgIpc) is 2.94. The monoisotopic (exact) mass is 295 g/mol. The molecule has 1 saturated heterocycles. The first-order valence-corrected chi connectivity index (χ1v) is 8.03. The van der Waals surface area contributed by atoms with Crippen molar-refractivity contribution in [2.75, 3.05) is 0 Å². The van der Waals surface area contributed by atoms with Crippen LogP contribution in [0.2, 0.25) is 0 Å². The van der Waals surface area contributed by atoms with Crippen LogP contribution in [0, 0.1) is 6.92 Å². The van der Waals surface area contributed by atoms with E-state index >= 15 is 0 Å². The minimum atomic E-state index is -0.0278. The smallest absolute Gasteiger partial charge is 0.106 e. The summed E-state index contributed by atoms with van der Waals surface area (Å²) in [5.74, 6) is 0. The van der Waals surface area contributed by atoms with Gasteiger partial charge in [0.1, 0.15) is 6.10 Å². The maximum atomic E-state index is 6.35. The molecule has 0 aromatic heterocycles. The normalized spacial score (nSPS) is 22.9. The van der Waals surface area contributed by atoms with Gasteiger partial charge < -0.3 is 0 Å². The second-order valence-corrected chi connectivity index (χ2v) is 7.16. The van der Waals surface area contributed by atoms with E-state index in [-0.39, 0.29) is 11.6 Å². The van der Waals surface area contributed by atoms with E-state index in [2.05, 4.69) is 87.4 Å². The summed E-state index contributed by atoms with van der Waals surface area (Å²) in [6.45, 7) is 8.74. The maximum absolute atomic E-state index is 6.35. The molecular formula is C20H25NO. The van der Waals surface area contributed by atoms with Crippen LogP contribution in [0.25, 0.3) is 0 Å². The second-order valence-electron chi connectivity index (χ2n) is 7.16. The number of aryl methyl sites for hydroxylation is 1. The molecule has 22 heavy (non-hydrogen) atoms. The molecule has 2 nitrogen and oxygen atoms in total. The van der Waals surface area contributed by atoms with Gasteiger partial charge in [0.05, 0.1) is 6.04 Å². The molecule has 0 radical (unpaired) electrons. The molecule has 116 valence electrons. The Kier molecular flexibility index (Phi) is 4.07. The fraction of sp³-hybridized carbons (Fsp3) is 0.400. The summed E-state index contributed by atoms with van der Waals surface area (Å²) in [5, 5.41) is 2.17. The quantitative estimate of drug-likeness (QED) is 0.753. The van der Waals surface area contributed by atoms with Crippen molar-refractivity contribution in [3.05, 3.63) is 71.3 Å². The molecular weight excluding hydrogens is 270 g/mol. The summed E-state index contributed by atoms with van der Waals surface area (Å²) in [7, 11) is 0. The van der Waals surface area contributed by atoms with E-state index in [1.165, 1.54) is 16.7 Å². The summed E-state index contributed by atoms with van der Waals surface area (Å²) in [6, 6.07) is 19.7. The Labute approximate surface area is 133 Å². The van der Waals surface area contributed by atoms with Gasteiger partial charge in [-0.25, -0.2) is 0 Å². The van der Waals surface area contributed by atoms with Gasteiger partial charge in [-0.3, -0.25) is 4.84 Å². The van der Waals surface area contributed by atoms with Crippen molar-refractivity contribution in [2.24, 2.45) is 0 Å². The van der Waals surface area contributed by atoms with Crippen LogP contribution in [0.4, 0.5) is 0 Å². The molecule has 0 bridgehead atoms. The molecule has 0 spiro atoms. The molecule has 1 fully saturated rings. The van der Waals surface area contributed by atoms with E-state index in [1.807, 2.05) is 0 Å². The number of hydrogen-bond acceptors (Lipinski definition) is 2. The van der Waals surface area contributed by atoms with Crippen molar-refractivity contribution in [3.8, 4) is 0 Å². The third-order valence-corrected chi connectivity index (χ3v) is 4.26. The van der Waals surface area contributed by atoms with Crippen LogP contribution in [0.5, 0.6) is 0 Å². The lowest BCUT2D eigenvalue weighted by molar-refractivity contribution is -0.215. The molecule has 1 heterocycles. The van der Waals surface area contributed by atoms with Crippen LogP contribution < -0.4 is 0 Å². The van der Waals surface area contributed by atoms with Crippen molar-refractivity contribution in [2.45, 2.75) is 51.8 Å². The Hall–Kier alpha value is -1.64. The summed E-state index contributed by atoms with van der Waals surface area (Å²) in [5.41, 5.74) is 3.85. The molecule has 2 atom stereocenters. The standard InChI is InChI=1S/C20H25NO/c1-15-10-12-17(13-11-15)19-14-18(16-8-6-5-7-9-16)21(22-19)20(2,3)4/h5-13,18-19H,14H2,1-4H3/t18-,19+/m0/s1. The predicted octanol–water partition coefficient (Wildman–Crippen LogP) is 5.21. The Morgan fingerprint density at radius 1 is 0.909 bits per heavy atom. The van der Waals surface area contributed by atoms with Gasteiger partial charge >= 0.3 is 0 Å². The number of nitrogens with zero attached hydrogens (tertiary/aromatic N) is 1. The van der Waals surface area contributed by atoms with Gasteiger partial charge in [-0.15, -0.1) is 0 Å². The molecule has 0 N–H and O–H groups in total. The lowest BCUT2D eigenvalue weighted by atomic mass is 9.95. The van der Waals surface area contributed by atoms with E-state index < -0.39 is 0 Å². The minimum absolute atomic E-state index is 0.0278. The van der Waals surface area contributed by atoms with Gasteiger partial charge in [0.25, 0.3) is 0 Å². The van der Waals surface area contributed by atoms with E-state index in [4.69, 9.17) is 4.84 Å². The number of hydroxylamine groups is 2. The van der Waals surface area contributed by atoms with E-state index in [9.17, 15) is 0 Å². The van der Waals surface area contributed by atoms with Gasteiger partial charge in [0, 0.05) is 12.0 Å². The molecule has 0 aliphatic carbocycles. The lowest BCUT2D eigenvalue weighted by Crippen LogP contribution is -2.39. The first-order chi connectivity index (χ1) is 10.4. The summed E-state index contributed by atoms with van der Waals surface area (Å²) in [6.07, 6.45) is 1.12. The van der Waals surface area contributed by atoms with Crippen molar-refractivity contribution < 1.29 is 4.84 Å². The molecule has 2 heteroatoms. The molecule has 1 aliphatic rings. The van der Waals surface area contributed by atoms with Crippen molar-refractivity contribution in [1.29, 1.82) is 0 Å². The van der Waals surface area contributed by atoms with Crippen molar-refractivity contribution >= 4 is 0 Å². The first-order valence-electron chi connectivity index (χ1n) is 8.03. The zero-order valence-corrected chi connectivity index (χ0v) is 13.9. The van der Waals surface area contributed by atoms with Gasteiger partial charge in [-0.05, 0) is 38.8 Å². The molecule has 3 rings (SSSR count). The Balaban J connectivity index is 1.90. The van der Waals surface area contributed by atoms with Crippen LogP contribution in [-0.4, -0.2) is 10.6 Å². The molecule has 1 aliphatic heterocycles. The van der Waals surface area contributed by atoms with Crippen molar-refractivity contribution in [1.82, 2.24) is 5.06 Å². The zero-order valence-electron chi connectivity index (χ0n) is 13.9. The fourth-order valence-corrected chi connectivity index (χ4v) is 3.10. The van der Waals surface area contributed by atoms with E-state index in [0.717, 1.165) is 6.42 Å². The minimum Gasteiger partial charge on any atom is -0.290 e. The SMILES string of the molecule is Cc1ccc([C@H]2C[C@@H](c3ccccc3)N(C(C)(C)C)O2)cc1. The fourth-order valence-electron chi connectivity index (χ4n) is 3.10. The average molecular weight is 295 g/mol. The molecule has 0 saturated carbocycles. The van der Waals surface area contributed by atoms with Gasteiger partial charge in [0.2, 0.25) is 0 Å². The number of benzene rings is 2. The zero-order chi connectivity index (χ0) is 15.7. The van der Waals surface area contributed by atoms with Crippen molar-refractivity contribution in [3.63, 3.8) is 0 Å². The Morgan fingerprint density at radius 2 is 1.55 bits per heavy atom. The Morgan fingerprint density at radius 3 is 2.14 bits per heavy atom. The second kappa shape index (κ2) is 5.86. The highest BCUT2D eigenvalue weighted by Crippen LogP contribution is 2.45. The van der Waals surface area contributed by atoms with Gasteiger partial charge in [-0.2, -0.15) is 5.06 Å². The van der Waals surface area contributed by atoms with Gasteiger partial charge in [-0.1, -0.05) is 60.2 Å². The lowest BCUT2D eigenvalue weighted by Gasteiger charge is -2.35. The third-order valence-electron chi connectivity index (χ3n) is 4.26. The van der Waals surface area contributed by atoms with E-state index in [1.54, 1.807) is 0 Å². The third kappa shape index (κ3) is 3.08. The highest BCUT2D eigenvalue weighted by molar-refractivity contribution is 5.26. The largest absolute Gasteiger partial charge is 0.290 e. The van der Waals surface area contributed by atoms with Crippen LogP contribution >= 0.6 is 0 Å². The van der Waals surface area contributed by atoms with Crippen LogP contribution in [-0.2, 0) is 4.84 Å². The summed E-state index contributed by atoms with van der Waals surface area (Å²) in [4.78, 5) is 6.35. The summed E-state index contributed by atoms with van der Waals surface area (Å²) < 4.78 is 0. The number of hydrogen-bond donors (Lipinski definition) is 0. The molecule has 0 amide bonds. The highest BCUT2D eigenvalue weighted by atomic mass is 16.7. The molecule has 2 aromatic carbocycles.